The average Bonchev–Trinajstić information content (AvgIpc) is 2.83. The van der Waals surface area contributed by atoms with Gasteiger partial charge in [-0.25, -0.2) is 4.98 Å². The second-order valence-electron chi connectivity index (χ2n) is 5.22. The van der Waals surface area contributed by atoms with Crippen LogP contribution in [0.25, 0.3) is 0 Å². The molecule has 0 radical (unpaired) electrons. The summed E-state index contributed by atoms with van der Waals surface area (Å²) >= 11 is 1.77. The minimum atomic E-state index is 0.333. The fourth-order valence-electron chi connectivity index (χ4n) is 2.76. The molecule has 1 aromatic rings. The second kappa shape index (κ2) is 6.64. The molecule has 0 aromatic carbocycles. The molecule has 0 saturated carbocycles. The SMILES string of the molecule is CCC1(CC)CN(CCc2nccs2)CCCN1. The standard InChI is InChI=1S/C14H25N3S/c1-3-14(4-2)12-17(9-5-7-16-14)10-6-13-15-8-11-18-13/h8,11,16H,3-7,9-10,12H2,1-2H3. The molecule has 1 N–H and O–H groups in total. The topological polar surface area (TPSA) is 28.2 Å². The van der Waals surface area contributed by atoms with Crippen LogP contribution in [-0.4, -0.2) is 41.6 Å². The highest BCUT2D eigenvalue weighted by Crippen LogP contribution is 2.20. The maximum Gasteiger partial charge on any atom is 0.0937 e. The van der Waals surface area contributed by atoms with Crippen molar-refractivity contribution in [3.05, 3.63) is 16.6 Å². The van der Waals surface area contributed by atoms with Crippen LogP contribution in [-0.2, 0) is 6.42 Å². The second-order valence-corrected chi connectivity index (χ2v) is 6.20. The van der Waals surface area contributed by atoms with Crippen molar-refractivity contribution in [2.45, 2.75) is 45.1 Å². The fraction of sp³-hybridized carbons (Fsp3) is 0.786. The lowest BCUT2D eigenvalue weighted by Crippen LogP contribution is -2.50. The van der Waals surface area contributed by atoms with E-state index in [-0.39, 0.29) is 0 Å². The zero-order valence-electron chi connectivity index (χ0n) is 11.6. The highest BCUT2D eigenvalue weighted by Gasteiger charge is 2.29. The summed E-state index contributed by atoms with van der Waals surface area (Å²) in [6.45, 7) is 9.33. The van der Waals surface area contributed by atoms with Crippen LogP contribution in [0, 0.1) is 0 Å². The molecule has 1 aliphatic heterocycles. The van der Waals surface area contributed by atoms with Gasteiger partial charge in [-0.2, -0.15) is 0 Å². The van der Waals surface area contributed by atoms with Crippen molar-refractivity contribution in [1.29, 1.82) is 0 Å². The molecule has 102 valence electrons. The molecular weight excluding hydrogens is 242 g/mol. The lowest BCUT2D eigenvalue weighted by atomic mass is 9.92. The van der Waals surface area contributed by atoms with E-state index in [1.54, 1.807) is 11.3 Å². The minimum absolute atomic E-state index is 0.333. The van der Waals surface area contributed by atoms with Gasteiger partial charge in [-0.05, 0) is 32.4 Å². The van der Waals surface area contributed by atoms with E-state index in [0.29, 0.717) is 5.54 Å². The van der Waals surface area contributed by atoms with E-state index in [9.17, 15) is 0 Å². The zero-order chi connectivity index (χ0) is 12.8. The summed E-state index contributed by atoms with van der Waals surface area (Å²) in [5.74, 6) is 0. The number of hydrogen-bond acceptors (Lipinski definition) is 4. The third kappa shape index (κ3) is 3.53. The normalized spacial score (nSPS) is 20.8. The Bertz CT molecular complexity index is 333. The molecule has 1 aromatic heterocycles. The van der Waals surface area contributed by atoms with Crippen molar-refractivity contribution in [1.82, 2.24) is 15.2 Å². The molecule has 0 atom stereocenters. The highest BCUT2D eigenvalue weighted by atomic mass is 32.1. The summed E-state index contributed by atoms with van der Waals surface area (Å²) in [7, 11) is 0. The molecule has 0 spiro atoms. The molecule has 0 aliphatic carbocycles. The van der Waals surface area contributed by atoms with Gasteiger partial charge in [0.1, 0.15) is 0 Å². The summed E-state index contributed by atoms with van der Waals surface area (Å²) in [6, 6.07) is 0. The summed E-state index contributed by atoms with van der Waals surface area (Å²) in [6.07, 6.45) is 6.71. The zero-order valence-corrected chi connectivity index (χ0v) is 12.4. The average molecular weight is 267 g/mol. The predicted octanol–water partition coefficient (Wildman–Crippen LogP) is 2.54. The first kappa shape index (κ1) is 14.0. The fourth-order valence-corrected chi connectivity index (χ4v) is 3.37. The van der Waals surface area contributed by atoms with E-state index in [0.717, 1.165) is 19.5 Å². The van der Waals surface area contributed by atoms with Crippen LogP contribution in [0.2, 0.25) is 0 Å². The molecule has 3 nitrogen and oxygen atoms in total. The van der Waals surface area contributed by atoms with Crippen LogP contribution < -0.4 is 5.32 Å². The van der Waals surface area contributed by atoms with E-state index in [2.05, 4.69) is 34.4 Å². The van der Waals surface area contributed by atoms with Gasteiger partial charge in [0, 0.05) is 36.6 Å². The first-order valence-electron chi connectivity index (χ1n) is 7.14. The molecule has 0 amide bonds. The van der Waals surface area contributed by atoms with Crippen LogP contribution in [0.1, 0.15) is 38.1 Å². The highest BCUT2D eigenvalue weighted by molar-refractivity contribution is 7.09. The van der Waals surface area contributed by atoms with Gasteiger partial charge < -0.3 is 10.2 Å². The number of thiazole rings is 1. The molecule has 2 heterocycles. The van der Waals surface area contributed by atoms with E-state index >= 15 is 0 Å². The van der Waals surface area contributed by atoms with Crippen molar-refractivity contribution in [2.75, 3.05) is 26.2 Å². The smallest absolute Gasteiger partial charge is 0.0937 e. The first-order valence-corrected chi connectivity index (χ1v) is 8.02. The summed E-state index contributed by atoms with van der Waals surface area (Å²) in [4.78, 5) is 7.00. The van der Waals surface area contributed by atoms with Gasteiger partial charge >= 0.3 is 0 Å². The van der Waals surface area contributed by atoms with E-state index in [4.69, 9.17) is 0 Å². The molecule has 1 fully saturated rings. The maximum absolute atomic E-state index is 4.38. The molecule has 4 heteroatoms. The lowest BCUT2D eigenvalue weighted by Gasteiger charge is -2.35. The Balaban J connectivity index is 1.90. The van der Waals surface area contributed by atoms with Gasteiger partial charge in [0.2, 0.25) is 0 Å². The Hall–Kier alpha value is -0.450. The van der Waals surface area contributed by atoms with Gasteiger partial charge in [-0.1, -0.05) is 13.8 Å². The van der Waals surface area contributed by atoms with Crippen LogP contribution in [0.5, 0.6) is 0 Å². The van der Waals surface area contributed by atoms with Gasteiger partial charge in [0.15, 0.2) is 0 Å². The largest absolute Gasteiger partial charge is 0.310 e. The van der Waals surface area contributed by atoms with E-state index < -0.39 is 0 Å². The Morgan fingerprint density at radius 3 is 2.94 bits per heavy atom. The quantitative estimate of drug-likeness (QED) is 0.888. The molecule has 1 saturated heterocycles. The Kier molecular flexibility index (Phi) is 5.15. The van der Waals surface area contributed by atoms with Crippen LogP contribution >= 0.6 is 11.3 Å². The lowest BCUT2D eigenvalue weighted by molar-refractivity contribution is 0.199. The Labute approximate surface area is 115 Å². The Morgan fingerprint density at radius 2 is 2.28 bits per heavy atom. The summed E-state index contributed by atoms with van der Waals surface area (Å²) < 4.78 is 0. The van der Waals surface area contributed by atoms with E-state index in [1.165, 1.54) is 37.4 Å². The number of nitrogens with one attached hydrogen (secondary N) is 1. The van der Waals surface area contributed by atoms with Gasteiger partial charge in [-0.3, -0.25) is 0 Å². The van der Waals surface area contributed by atoms with Crippen LogP contribution in [0.3, 0.4) is 0 Å². The van der Waals surface area contributed by atoms with Crippen molar-refractivity contribution >= 4 is 11.3 Å². The van der Waals surface area contributed by atoms with Crippen molar-refractivity contribution in [2.24, 2.45) is 0 Å². The van der Waals surface area contributed by atoms with E-state index in [1.807, 2.05) is 6.20 Å². The molecule has 0 unspecified atom stereocenters. The third-order valence-corrected chi connectivity index (χ3v) is 5.00. The Morgan fingerprint density at radius 1 is 1.44 bits per heavy atom. The van der Waals surface area contributed by atoms with Crippen LogP contribution in [0.15, 0.2) is 11.6 Å². The summed E-state index contributed by atoms with van der Waals surface area (Å²) in [5, 5.41) is 7.10. The molecule has 0 bridgehead atoms. The molecule has 2 rings (SSSR count). The van der Waals surface area contributed by atoms with Crippen molar-refractivity contribution < 1.29 is 0 Å². The minimum Gasteiger partial charge on any atom is -0.310 e. The van der Waals surface area contributed by atoms with Crippen molar-refractivity contribution in [3.8, 4) is 0 Å². The maximum atomic E-state index is 4.38. The van der Waals surface area contributed by atoms with Gasteiger partial charge in [-0.15, -0.1) is 11.3 Å². The van der Waals surface area contributed by atoms with Gasteiger partial charge in [0.25, 0.3) is 0 Å². The first-order chi connectivity index (χ1) is 8.78. The van der Waals surface area contributed by atoms with Gasteiger partial charge in [0.05, 0.1) is 5.01 Å². The number of rotatable bonds is 5. The molecule has 1 aliphatic rings. The predicted molar refractivity (Wildman–Crippen MR) is 78.2 cm³/mol. The molecule has 18 heavy (non-hydrogen) atoms. The number of aromatic nitrogens is 1. The third-order valence-electron chi connectivity index (χ3n) is 4.16. The monoisotopic (exact) mass is 267 g/mol. The summed E-state index contributed by atoms with van der Waals surface area (Å²) in [5.41, 5.74) is 0.333. The molecular formula is C14H25N3S. The van der Waals surface area contributed by atoms with Crippen LogP contribution in [0.4, 0.5) is 0 Å². The number of hydrogen-bond donors (Lipinski definition) is 1. The number of nitrogens with zero attached hydrogens (tertiary/aromatic N) is 2. The van der Waals surface area contributed by atoms with Crippen molar-refractivity contribution in [3.63, 3.8) is 0 Å².